The number of carbonyl (C=O) groups is 3. The van der Waals surface area contributed by atoms with Gasteiger partial charge in [0.1, 0.15) is 12.1 Å². The summed E-state index contributed by atoms with van der Waals surface area (Å²) in [6, 6.07) is -2.62. The molecule has 0 heterocycles. The standard InChI is InChI=1S/C16H32N4O5S/c1-10(2)13(15(22)19-12(16(23)24)7-9-26-3)20-14(21)11(17)6-4-5-8-18-25/h10-13,18,25H,4-9,17H2,1-3H3,(H,19,22)(H,20,21)(H,23,24)/t11-,12-,13-/m0/s1. The summed E-state index contributed by atoms with van der Waals surface area (Å²) >= 11 is 1.49. The van der Waals surface area contributed by atoms with Crippen molar-refractivity contribution in [3.8, 4) is 0 Å². The van der Waals surface area contributed by atoms with Crippen molar-refractivity contribution in [2.24, 2.45) is 11.7 Å². The molecule has 7 N–H and O–H groups in total. The van der Waals surface area contributed by atoms with Crippen molar-refractivity contribution in [1.82, 2.24) is 16.1 Å². The van der Waals surface area contributed by atoms with E-state index in [1.807, 2.05) is 11.7 Å². The molecule has 0 aromatic heterocycles. The molecule has 0 aliphatic rings. The van der Waals surface area contributed by atoms with Gasteiger partial charge in [0, 0.05) is 6.54 Å². The molecule has 0 bridgehead atoms. The fraction of sp³-hybridized carbons (Fsp3) is 0.812. The van der Waals surface area contributed by atoms with Gasteiger partial charge in [0.25, 0.3) is 0 Å². The third-order valence-corrected chi connectivity index (χ3v) is 4.51. The quantitative estimate of drug-likeness (QED) is 0.177. The van der Waals surface area contributed by atoms with Gasteiger partial charge in [-0.15, -0.1) is 0 Å². The number of nitrogens with two attached hydrogens (primary N) is 1. The Morgan fingerprint density at radius 3 is 2.23 bits per heavy atom. The van der Waals surface area contributed by atoms with E-state index >= 15 is 0 Å². The highest BCUT2D eigenvalue weighted by Gasteiger charge is 2.29. The van der Waals surface area contributed by atoms with Gasteiger partial charge < -0.3 is 26.7 Å². The van der Waals surface area contributed by atoms with Crippen molar-refractivity contribution in [2.75, 3.05) is 18.6 Å². The molecule has 0 aromatic rings. The van der Waals surface area contributed by atoms with Crippen molar-refractivity contribution in [1.29, 1.82) is 0 Å². The van der Waals surface area contributed by atoms with E-state index in [1.165, 1.54) is 11.8 Å². The third kappa shape index (κ3) is 9.95. The number of aliphatic carboxylic acids is 1. The molecule has 0 spiro atoms. The van der Waals surface area contributed by atoms with Crippen LogP contribution >= 0.6 is 11.8 Å². The first kappa shape index (κ1) is 24.6. The summed E-state index contributed by atoms with van der Waals surface area (Å²) in [5.41, 5.74) is 7.87. The zero-order valence-corrected chi connectivity index (χ0v) is 16.5. The number of nitrogens with one attached hydrogen (secondary N) is 3. The number of carbonyl (C=O) groups excluding carboxylic acids is 2. The van der Waals surface area contributed by atoms with Crippen LogP contribution in [0.25, 0.3) is 0 Å². The SMILES string of the molecule is CSCC[C@H](NC(=O)[C@@H](NC(=O)[C@@H](N)CCCCNO)C(C)C)C(=O)O. The summed E-state index contributed by atoms with van der Waals surface area (Å²) in [5, 5.41) is 22.8. The minimum atomic E-state index is -1.10. The van der Waals surface area contributed by atoms with Crippen molar-refractivity contribution in [3.63, 3.8) is 0 Å². The zero-order valence-electron chi connectivity index (χ0n) is 15.7. The van der Waals surface area contributed by atoms with Gasteiger partial charge in [0.2, 0.25) is 11.8 Å². The average Bonchev–Trinajstić information content (AvgIpc) is 2.58. The number of unbranched alkanes of at least 4 members (excludes halogenated alkanes) is 1. The lowest BCUT2D eigenvalue weighted by atomic mass is 10.0. The first-order valence-corrected chi connectivity index (χ1v) is 10.1. The molecule has 0 rings (SSSR count). The van der Waals surface area contributed by atoms with Crippen LogP contribution in [-0.2, 0) is 14.4 Å². The highest BCUT2D eigenvalue weighted by atomic mass is 32.2. The average molecular weight is 393 g/mol. The smallest absolute Gasteiger partial charge is 0.326 e. The zero-order chi connectivity index (χ0) is 20.1. The number of carboxylic acid groups (broad SMARTS) is 1. The normalized spacial score (nSPS) is 14.5. The second-order valence-electron chi connectivity index (χ2n) is 6.42. The summed E-state index contributed by atoms with van der Waals surface area (Å²) < 4.78 is 0. The van der Waals surface area contributed by atoms with Gasteiger partial charge in [-0.2, -0.15) is 11.8 Å². The van der Waals surface area contributed by atoms with Gasteiger partial charge in [0.15, 0.2) is 0 Å². The fourth-order valence-electron chi connectivity index (χ4n) is 2.25. The van der Waals surface area contributed by atoms with Crippen molar-refractivity contribution < 1.29 is 24.7 Å². The van der Waals surface area contributed by atoms with Crippen molar-refractivity contribution in [2.45, 2.75) is 57.7 Å². The van der Waals surface area contributed by atoms with Crippen molar-refractivity contribution >= 4 is 29.5 Å². The Kier molecular flexibility index (Phi) is 13.1. The first-order chi connectivity index (χ1) is 12.2. The van der Waals surface area contributed by atoms with E-state index in [1.54, 1.807) is 13.8 Å². The maximum Gasteiger partial charge on any atom is 0.326 e. The minimum absolute atomic E-state index is 0.222. The number of hydrogen-bond donors (Lipinski definition) is 6. The van der Waals surface area contributed by atoms with Gasteiger partial charge >= 0.3 is 5.97 Å². The fourth-order valence-corrected chi connectivity index (χ4v) is 2.72. The highest BCUT2D eigenvalue weighted by molar-refractivity contribution is 7.98. The molecule has 2 amide bonds. The van der Waals surface area contributed by atoms with Gasteiger partial charge in [0.05, 0.1) is 6.04 Å². The Morgan fingerprint density at radius 1 is 1.08 bits per heavy atom. The maximum atomic E-state index is 12.4. The van der Waals surface area contributed by atoms with Crippen LogP contribution < -0.4 is 21.8 Å². The van der Waals surface area contributed by atoms with Crippen LogP contribution in [0, 0.1) is 5.92 Å². The Hall–Kier alpha value is -1.36. The van der Waals surface area contributed by atoms with Crippen LogP contribution in [0.15, 0.2) is 0 Å². The molecule has 152 valence electrons. The highest BCUT2D eigenvalue weighted by Crippen LogP contribution is 2.07. The van der Waals surface area contributed by atoms with Crippen molar-refractivity contribution in [3.05, 3.63) is 0 Å². The predicted molar refractivity (Wildman–Crippen MR) is 101 cm³/mol. The molecule has 10 heteroatoms. The number of hydroxylamine groups is 1. The van der Waals surface area contributed by atoms with Gasteiger partial charge in [-0.1, -0.05) is 20.3 Å². The lowest BCUT2D eigenvalue weighted by molar-refractivity contribution is -0.142. The van der Waals surface area contributed by atoms with Gasteiger partial charge in [-0.3, -0.25) is 9.59 Å². The summed E-state index contributed by atoms with van der Waals surface area (Å²) in [6.07, 6.45) is 3.90. The Morgan fingerprint density at radius 2 is 1.73 bits per heavy atom. The molecule has 0 saturated carbocycles. The molecule has 0 aromatic carbocycles. The van der Waals surface area contributed by atoms with Crippen LogP contribution in [0.3, 0.4) is 0 Å². The minimum Gasteiger partial charge on any atom is -0.480 e. The maximum absolute atomic E-state index is 12.4. The summed E-state index contributed by atoms with van der Waals surface area (Å²) in [7, 11) is 0. The lowest BCUT2D eigenvalue weighted by Crippen LogP contribution is -2.56. The molecule has 0 saturated heterocycles. The Balaban J connectivity index is 4.71. The largest absolute Gasteiger partial charge is 0.480 e. The first-order valence-electron chi connectivity index (χ1n) is 8.69. The van der Waals surface area contributed by atoms with E-state index < -0.39 is 35.9 Å². The van der Waals surface area contributed by atoms with E-state index in [4.69, 9.17) is 10.9 Å². The van der Waals surface area contributed by atoms with E-state index in [-0.39, 0.29) is 5.92 Å². The van der Waals surface area contributed by atoms with Crippen LogP contribution in [0.1, 0.15) is 39.5 Å². The van der Waals surface area contributed by atoms with Crippen LogP contribution in [0.2, 0.25) is 0 Å². The summed E-state index contributed by atoms with van der Waals surface area (Å²) in [5.74, 6) is -1.70. The molecular weight excluding hydrogens is 360 g/mol. The molecule has 9 nitrogen and oxygen atoms in total. The number of amides is 2. The van der Waals surface area contributed by atoms with E-state index in [2.05, 4.69) is 10.6 Å². The Labute approximate surface area is 158 Å². The summed E-state index contributed by atoms with van der Waals surface area (Å²) in [6.45, 7) is 3.94. The molecule has 0 radical (unpaired) electrons. The second-order valence-corrected chi connectivity index (χ2v) is 7.41. The molecule has 0 aliphatic carbocycles. The number of rotatable bonds is 14. The molecular formula is C16H32N4O5S. The number of hydrogen-bond acceptors (Lipinski definition) is 7. The topological polar surface area (TPSA) is 154 Å². The third-order valence-electron chi connectivity index (χ3n) is 3.86. The van der Waals surface area contributed by atoms with Gasteiger partial charge in [-0.25, -0.2) is 10.3 Å². The number of carboxylic acids is 1. The van der Waals surface area contributed by atoms with E-state index in [9.17, 15) is 19.5 Å². The monoisotopic (exact) mass is 392 g/mol. The Bertz CT molecular complexity index is 450. The van der Waals surface area contributed by atoms with Crippen LogP contribution in [0.5, 0.6) is 0 Å². The van der Waals surface area contributed by atoms with Crippen LogP contribution in [0.4, 0.5) is 0 Å². The molecule has 0 aliphatic heterocycles. The molecule has 0 fully saturated rings. The van der Waals surface area contributed by atoms with E-state index in [0.717, 1.165) is 0 Å². The predicted octanol–water partition coefficient (Wildman–Crippen LogP) is -0.0739. The van der Waals surface area contributed by atoms with Crippen LogP contribution in [-0.4, -0.2) is 64.8 Å². The molecule has 26 heavy (non-hydrogen) atoms. The number of thioether (sulfide) groups is 1. The van der Waals surface area contributed by atoms with E-state index in [0.29, 0.717) is 38.0 Å². The summed E-state index contributed by atoms with van der Waals surface area (Å²) in [4.78, 5) is 35.9. The molecule has 3 atom stereocenters. The molecule has 0 unspecified atom stereocenters. The lowest BCUT2D eigenvalue weighted by Gasteiger charge is -2.25. The van der Waals surface area contributed by atoms with Gasteiger partial charge in [-0.05, 0) is 37.2 Å². The second kappa shape index (κ2) is 13.8.